The molecule has 1 aliphatic heterocycles. The van der Waals surface area contributed by atoms with Gasteiger partial charge in [0, 0.05) is 56.4 Å². The Labute approximate surface area is 249 Å². The standard InChI is InChI=1S/C32H35F2N9/c1-5-41-11-13-42(14-12-41)31(22-7-6-10-35-17-22)23-8-9-28(36-18-23)39-32-37-19-26(34)29(40-32)24-15-25(33)30-27(16-24)43(20(2)3)21(4)38-30/h6-10,15-20,31H,5,11-14H2,1-4H3,(H,36,37,39,40). The van der Waals surface area contributed by atoms with Gasteiger partial charge in [-0.05, 0) is 62.7 Å². The quantitative estimate of drug-likeness (QED) is 0.241. The van der Waals surface area contributed by atoms with Gasteiger partial charge < -0.3 is 14.8 Å². The summed E-state index contributed by atoms with van der Waals surface area (Å²) in [6, 6.07) is 11.0. The average Bonchev–Trinajstić information content (AvgIpc) is 3.36. The van der Waals surface area contributed by atoms with E-state index in [1.54, 1.807) is 12.3 Å². The first-order chi connectivity index (χ1) is 20.8. The minimum atomic E-state index is -0.651. The van der Waals surface area contributed by atoms with Crippen molar-refractivity contribution in [3.05, 3.63) is 89.8 Å². The molecule has 9 nitrogen and oxygen atoms in total. The van der Waals surface area contributed by atoms with Gasteiger partial charge in [-0.1, -0.05) is 19.1 Å². The second-order valence-corrected chi connectivity index (χ2v) is 11.1. The number of piperazine rings is 1. The van der Waals surface area contributed by atoms with E-state index in [4.69, 9.17) is 0 Å². The van der Waals surface area contributed by atoms with Gasteiger partial charge in [0.25, 0.3) is 0 Å². The number of pyridine rings is 2. The van der Waals surface area contributed by atoms with Gasteiger partial charge in [-0.3, -0.25) is 9.88 Å². The number of likely N-dealkylation sites (N-methyl/N-ethyl adjacent to an activating group) is 1. The van der Waals surface area contributed by atoms with Crippen molar-refractivity contribution >= 4 is 22.8 Å². The Morgan fingerprint density at radius 3 is 2.37 bits per heavy atom. The first kappa shape index (κ1) is 28.8. The molecule has 0 saturated carbocycles. The lowest BCUT2D eigenvalue weighted by Gasteiger charge is -2.39. The number of rotatable bonds is 8. The van der Waals surface area contributed by atoms with Gasteiger partial charge in [-0.25, -0.2) is 28.7 Å². The molecule has 1 aliphatic rings. The topological polar surface area (TPSA) is 87.9 Å². The number of hydrogen-bond donors (Lipinski definition) is 1. The van der Waals surface area contributed by atoms with E-state index < -0.39 is 11.6 Å². The Morgan fingerprint density at radius 2 is 1.70 bits per heavy atom. The lowest BCUT2D eigenvalue weighted by Crippen LogP contribution is -2.47. The normalized spacial score (nSPS) is 15.3. The number of aromatic nitrogens is 6. The number of halogens is 2. The maximum atomic E-state index is 15.1. The lowest BCUT2D eigenvalue weighted by molar-refractivity contribution is 0.113. The van der Waals surface area contributed by atoms with Crippen LogP contribution in [0.1, 0.15) is 49.8 Å². The van der Waals surface area contributed by atoms with Gasteiger partial charge in [0.05, 0.1) is 17.8 Å². The van der Waals surface area contributed by atoms with Crippen LogP contribution < -0.4 is 5.32 Å². The van der Waals surface area contributed by atoms with E-state index in [9.17, 15) is 4.39 Å². The number of anilines is 2. The van der Waals surface area contributed by atoms with Crippen molar-refractivity contribution in [1.29, 1.82) is 0 Å². The van der Waals surface area contributed by atoms with E-state index in [1.165, 1.54) is 6.07 Å². The molecule has 1 atom stereocenters. The molecule has 11 heteroatoms. The summed E-state index contributed by atoms with van der Waals surface area (Å²) in [5.41, 5.74) is 3.30. The number of benzene rings is 1. The van der Waals surface area contributed by atoms with Crippen LogP contribution in [-0.4, -0.2) is 72.0 Å². The van der Waals surface area contributed by atoms with Crippen molar-refractivity contribution in [1.82, 2.24) is 39.3 Å². The minimum absolute atomic E-state index is 0.00746. The Morgan fingerprint density at radius 1 is 0.907 bits per heavy atom. The van der Waals surface area contributed by atoms with Gasteiger partial charge >= 0.3 is 0 Å². The van der Waals surface area contributed by atoms with Crippen molar-refractivity contribution in [3.63, 3.8) is 0 Å². The highest BCUT2D eigenvalue weighted by atomic mass is 19.1. The molecule has 1 saturated heterocycles. The van der Waals surface area contributed by atoms with Crippen LogP contribution in [0, 0.1) is 18.6 Å². The molecule has 1 aromatic carbocycles. The molecule has 0 radical (unpaired) electrons. The number of nitrogens with one attached hydrogen (secondary N) is 1. The molecule has 0 bridgehead atoms. The van der Waals surface area contributed by atoms with Crippen molar-refractivity contribution in [2.24, 2.45) is 0 Å². The molecule has 43 heavy (non-hydrogen) atoms. The SMILES string of the molecule is CCN1CCN(C(c2cccnc2)c2ccc(Nc3ncc(F)c(-c4cc(F)c5nc(C)n(C(C)C)c5c4)n3)nc2)CC1. The fraction of sp³-hybridized carbons (Fsp3) is 0.344. The summed E-state index contributed by atoms with van der Waals surface area (Å²) in [6.45, 7) is 13.0. The Bertz CT molecular complexity index is 1710. The maximum Gasteiger partial charge on any atom is 0.229 e. The predicted octanol–water partition coefficient (Wildman–Crippen LogP) is 5.92. The molecular formula is C32H35F2N9. The summed E-state index contributed by atoms with van der Waals surface area (Å²) in [6.07, 6.45) is 6.62. The summed E-state index contributed by atoms with van der Waals surface area (Å²) in [5, 5.41) is 3.08. The highest BCUT2D eigenvalue weighted by molar-refractivity contribution is 5.83. The van der Waals surface area contributed by atoms with Crippen molar-refractivity contribution in [2.75, 3.05) is 38.0 Å². The molecule has 0 spiro atoms. The molecule has 4 aromatic heterocycles. The van der Waals surface area contributed by atoms with Crippen LogP contribution in [0.3, 0.4) is 0 Å². The van der Waals surface area contributed by atoms with E-state index in [2.05, 4.69) is 53.0 Å². The maximum absolute atomic E-state index is 15.1. The summed E-state index contributed by atoms with van der Waals surface area (Å²) >= 11 is 0. The monoisotopic (exact) mass is 583 g/mol. The van der Waals surface area contributed by atoms with Gasteiger partial charge in [0.15, 0.2) is 11.6 Å². The number of hydrogen-bond acceptors (Lipinski definition) is 8. The lowest BCUT2D eigenvalue weighted by atomic mass is 9.99. The van der Waals surface area contributed by atoms with E-state index in [0.717, 1.165) is 50.0 Å². The van der Waals surface area contributed by atoms with E-state index >= 15 is 4.39 Å². The Kier molecular flexibility index (Phi) is 8.09. The van der Waals surface area contributed by atoms with Gasteiger partial charge in [0.2, 0.25) is 5.95 Å². The second kappa shape index (κ2) is 12.1. The third kappa shape index (κ3) is 5.82. The zero-order chi connectivity index (χ0) is 30.1. The molecule has 0 amide bonds. The third-order valence-electron chi connectivity index (χ3n) is 8.02. The smallest absolute Gasteiger partial charge is 0.229 e. The third-order valence-corrected chi connectivity index (χ3v) is 8.02. The van der Waals surface area contributed by atoms with Crippen LogP contribution in [0.25, 0.3) is 22.3 Å². The van der Waals surface area contributed by atoms with Crippen molar-refractivity contribution in [2.45, 2.75) is 39.8 Å². The number of imidazole rings is 1. The van der Waals surface area contributed by atoms with Crippen LogP contribution in [0.15, 0.2) is 61.2 Å². The van der Waals surface area contributed by atoms with Crippen LogP contribution >= 0.6 is 0 Å². The van der Waals surface area contributed by atoms with Crippen LogP contribution in [0.5, 0.6) is 0 Å². The number of aryl methyl sites for hydroxylation is 1. The van der Waals surface area contributed by atoms with Gasteiger partial charge in [-0.2, -0.15) is 0 Å². The zero-order valence-corrected chi connectivity index (χ0v) is 24.8. The Hall–Kier alpha value is -4.35. The number of nitrogens with zero attached hydrogens (tertiary/aromatic N) is 8. The average molecular weight is 584 g/mol. The predicted molar refractivity (Wildman–Crippen MR) is 163 cm³/mol. The fourth-order valence-corrected chi connectivity index (χ4v) is 5.93. The van der Waals surface area contributed by atoms with Crippen LogP contribution in [-0.2, 0) is 0 Å². The molecule has 5 heterocycles. The van der Waals surface area contributed by atoms with E-state index in [0.29, 0.717) is 22.7 Å². The highest BCUT2D eigenvalue weighted by Gasteiger charge is 2.26. The first-order valence-electron chi connectivity index (χ1n) is 14.6. The Balaban J connectivity index is 1.27. The van der Waals surface area contributed by atoms with Crippen molar-refractivity contribution < 1.29 is 8.78 Å². The summed E-state index contributed by atoms with van der Waals surface area (Å²) in [5.74, 6) is 0.180. The van der Waals surface area contributed by atoms with Crippen LogP contribution in [0.4, 0.5) is 20.5 Å². The van der Waals surface area contributed by atoms with E-state index in [1.807, 2.05) is 55.9 Å². The molecule has 6 rings (SSSR count). The van der Waals surface area contributed by atoms with Gasteiger partial charge in [0.1, 0.15) is 22.9 Å². The highest BCUT2D eigenvalue weighted by Crippen LogP contribution is 2.32. The first-order valence-corrected chi connectivity index (χ1v) is 14.6. The molecular weight excluding hydrogens is 548 g/mol. The molecule has 0 aliphatic carbocycles. The van der Waals surface area contributed by atoms with Crippen molar-refractivity contribution in [3.8, 4) is 11.3 Å². The molecule has 1 fully saturated rings. The molecule has 1 N–H and O–H groups in total. The minimum Gasteiger partial charge on any atom is -0.326 e. The summed E-state index contributed by atoms with van der Waals surface area (Å²) < 4.78 is 32.0. The molecule has 1 unspecified atom stereocenters. The van der Waals surface area contributed by atoms with E-state index in [-0.39, 0.29) is 29.2 Å². The summed E-state index contributed by atoms with van der Waals surface area (Å²) in [4.78, 5) is 26.8. The molecule has 5 aromatic rings. The summed E-state index contributed by atoms with van der Waals surface area (Å²) in [7, 11) is 0. The van der Waals surface area contributed by atoms with Gasteiger partial charge in [-0.15, -0.1) is 0 Å². The van der Waals surface area contributed by atoms with Crippen LogP contribution in [0.2, 0.25) is 0 Å². The largest absolute Gasteiger partial charge is 0.326 e. The fourth-order valence-electron chi connectivity index (χ4n) is 5.93. The number of fused-ring (bicyclic) bond motifs is 1. The zero-order valence-electron chi connectivity index (χ0n) is 24.8. The second-order valence-electron chi connectivity index (χ2n) is 11.1. The molecule has 222 valence electrons.